The average molecular weight is 335 g/mol. The minimum Gasteiger partial charge on any atom is -0.363 e. The van der Waals surface area contributed by atoms with E-state index in [0.717, 1.165) is 17.6 Å². The zero-order valence-electron chi connectivity index (χ0n) is 9.80. The second-order valence-corrected chi connectivity index (χ2v) is 5.66. The summed E-state index contributed by atoms with van der Waals surface area (Å²) in [6.45, 7) is 3.49. The zero-order valence-corrected chi connectivity index (χ0v) is 12.1. The highest BCUT2D eigenvalue weighted by atomic mass is 79.9. The first-order valence-corrected chi connectivity index (χ1v) is 6.61. The van der Waals surface area contributed by atoms with Crippen LogP contribution in [0.15, 0.2) is 16.7 Å². The lowest BCUT2D eigenvalue weighted by Crippen LogP contribution is -2.59. The number of amides is 1. The Bertz CT molecular complexity index is 466. The maximum absolute atomic E-state index is 11.7. The van der Waals surface area contributed by atoms with Crippen LogP contribution in [-0.2, 0) is 9.53 Å². The largest absolute Gasteiger partial charge is 0.363 e. The Kier molecular flexibility index (Phi) is 4.21. The van der Waals surface area contributed by atoms with Crippen LogP contribution in [0, 0.1) is 0 Å². The number of carbonyl (C=O) groups excluding carboxylic acids is 1. The monoisotopic (exact) mass is 333 g/mol. The van der Waals surface area contributed by atoms with Crippen molar-refractivity contribution >= 4 is 39.1 Å². The number of anilines is 1. The molecule has 1 saturated heterocycles. The second kappa shape index (κ2) is 5.52. The standard InChI is InChI=1S/C11H13BrClN3O2/c1-11(5-14-6-11)18-4-9(17)16-8-2-7(12)3-15-10(8)13/h2-3,14H,4-6H2,1H3,(H,16,17). The number of aromatic nitrogens is 1. The molecule has 2 N–H and O–H groups in total. The Labute approximate surface area is 118 Å². The van der Waals surface area contributed by atoms with Crippen LogP contribution in [0.3, 0.4) is 0 Å². The Balaban J connectivity index is 1.88. The van der Waals surface area contributed by atoms with E-state index in [-0.39, 0.29) is 23.3 Å². The fourth-order valence-corrected chi connectivity index (χ4v) is 2.00. The molecule has 7 heteroatoms. The molecule has 1 aromatic heterocycles. The van der Waals surface area contributed by atoms with Crippen LogP contribution in [0.4, 0.5) is 5.69 Å². The van der Waals surface area contributed by atoms with Crippen LogP contribution in [0.1, 0.15) is 6.92 Å². The maximum Gasteiger partial charge on any atom is 0.250 e. The van der Waals surface area contributed by atoms with Crippen LogP contribution < -0.4 is 10.6 Å². The molecule has 0 aliphatic carbocycles. The van der Waals surface area contributed by atoms with Gasteiger partial charge in [0.2, 0.25) is 5.91 Å². The predicted molar refractivity (Wildman–Crippen MR) is 72.8 cm³/mol. The molecule has 2 rings (SSSR count). The lowest BCUT2D eigenvalue weighted by Gasteiger charge is -2.38. The fraction of sp³-hybridized carbons (Fsp3) is 0.455. The zero-order chi connectivity index (χ0) is 13.2. The maximum atomic E-state index is 11.7. The summed E-state index contributed by atoms with van der Waals surface area (Å²) in [4.78, 5) is 15.6. The van der Waals surface area contributed by atoms with Crippen molar-refractivity contribution in [1.29, 1.82) is 0 Å². The van der Waals surface area contributed by atoms with Gasteiger partial charge >= 0.3 is 0 Å². The van der Waals surface area contributed by atoms with Gasteiger partial charge in [0.05, 0.1) is 11.3 Å². The van der Waals surface area contributed by atoms with Crippen molar-refractivity contribution in [2.24, 2.45) is 0 Å². The molecule has 0 spiro atoms. The van der Waals surface area contributed by atoms with Gasteiger partial charge in [0.25, 0.3) is 0 Å². The fourth-order valence-electron chi connectivity index (χ4n) is 1.52. The highest BCUT2D eigenvalue weighted by Crippen LogP contribution is 2.23. The summed E-state index contributed by atoms with van der Waals surface area (Å²) in [5, 5.41) is 6.01. The first kappa shape index (κ1) is 13.7. The predicted octanol–water partition coefficient (Wildman–Crippen LogP) is 1.81. The number of carbonyl (C=O) groups is 1. The summed E-state index contributed by atoms with van der Waals surface area (Å²) in [6, 6.07) is 1.69. The van der Waals surface area contributed by atoms with Crippen molar-refractivity contribution in [3.05, 3.63) is 21.9 Å². The summed E-state index contributed by atoms with van der Waals surface area (Å²) in [6.07, 6.45) is 1.57. The Morgan fingerprint density at radius 2 is 2.44 bits per heavy atom. The molecule has 1 aromatic rings. The van der Waals surface area contributed by atoms with E-state index >= 15 is 0 Å². The molecule has 0 bridgehead atoms. The van der Waals surface area contributed by atoms with E-state index in [0.29, 0.717) is 5.69 Å². The smallest absolute Gasteiger partial charge is 0.250 e. The van der Waals surface area contributed by atoms with Gasteiger partial charge in [-0.25, -0.2) is 4.98 Å². The van der Waals surface area contributed by atoms with Crippen molar-refractivity contribution in [1.82, 2.24) is 10.3 Å². The van der Waals surface area contributed by atoms with E-state index in [4.69, 9.17) is 16.3 Å². The quantitative estimate of drug-likeness (QED) is 0.825. The minimum absolute atomic E-state index is 0.00101. The lowest BCUT2D eigenvalue weighted by atomic mass is 10.0. The van der Waals surface area contributed by atoms with Crippen LogP contribution in [-0.4, -0.2) is 36.2 Å². The number of nitrogens with one attached hydrogen (secondary N) is 2. The topological polar surface area (TPSA) is 63.2 Å². The van der Waals surface area contributed by atoms with Crippen LogP contribution in [0.5, 0.6) is 0 Å². The molecule has 2 heterocycles. The van der Waals surface area contributed by atoms with Gasteiger partial charge in [-0.05, 0) is 28.9 Å². The molecule has 0 unspecified atom stereocenters. The van der Waals surface area contributed by atoms with Crippen molar-refractivity contribution in [3.63, 3.8) is 0 Å². The van der Waals surface area contributed by atoms with Gasteiger partial charge in [0.1, 0.15) is 6.61 Å². The van der Waals surface area contributed by atoms with E-state index in [1.807, 2.05) is 6.92 Å². The molecular weight excluding hydrogens is 321 g/mol. The van der Waals surface area contributed by atoms with Crippen LogP contribution in [0.2, 0.25) is 5.15 Å². The summed E-state index contributed by atoms with van der Waals surface area (Å²) < 4.78 is 6.27. The minimum atomic E-state index is -0.245. The van der Waals surface area contributed by atoms with Crippen molar-refractivity contribution in [3.8, 4) is 0 Å². The number of hydrogen-bond donors (Lipinski definition) is 2. The number of halogens is 2. The van der Waals surface area contributed by atoms with Gasteiger partial charge < -0.3 is 15.4 Å². The van der Waals surface area contributed by atoms with Crippen LogP contribution >= 0.6 is 27.5 Å². The summed E-state index contributed by atoms with van der Waals surface area (Å²) in [5.74, 6) is -0.245. The van der Waals surface area contributed by atoms with Gasteiger partial charge in [0.15, 0.2) is 5.15 Å². The molecule has 5 nitrogen and oxygen atoms in total. The third-order valence-electron chi connectivity index (χ3n) is 2.63. The summed E-state index contributed by atoms with van der Waals surface area (Å²) >= 11 is 9.14. The van der Waals surface area contributed by atoms with Gasteiger partial charge in [-0.2, -0.15) is 0 Å². The normalized spacial score (nSPS) is 17.1. The third kappa shape index (κ3) is 3.41. The van der Waals surface area contributed by atoms with Gasteiger partial charge in [0, 0.05) is 23.8 Å². The number of pyridine rings is 1. The number of ether oxygens (including phenoxy) is 1. The first-order valence-electron chi connectivity index (χ1n) is 5.44. The Morgan fingerprint density at radius 3 is 3.06 bits per heavy atom. The Morgan fingerprint density at radius 1 is 1.72 bits per heavy atom. The Hall–Kier alpha value is -0.690. The molecular formula is C11H13BrClN3O2. The highest BCUT2D eigenvalue weighted by Gasteiger charge is 2.33. The SMILES string of the molecule is CC1(OCC(=O)Nc2cc(Br)cnc2Cl)CNC1. The molecule has 1 fully saturated rings. The highest BCUT2D eigenvalue weighted by molar-refractivity contribution is 9.10. The molecule has 1 aliphatic heterocycles. The molecule has 0 saturated carbocycles. The molecule has 1 aliphatic rings. The lowest BCUT2D eigenvalue weighted by molar-refractivity contribution is -0.130. The van der Waals surface area contributed by atoms with Crippen molar-refractivity contribution in [2.45, 2.75) is 12.5 Å². The first-order chi connectivity index (χ1) is 8.48. The second-order valence-electron chi connectivity index (χ2n) is 4.38. The molecule has 18 heavy (non-hydrogen) atoms. The molecule has 0 radical (unpaired) electrons. The third-order valence-corrected chi connectivity index (χ3v) is 3.36. The van der Waals surface area contributed by atoms with Gasteiger partial charge in [-0.3, -0.25) is 4.79 Å². The van der Waals surface area contributed by atoms with E-state index in [1.54, 1.807) is 12.3 Å². The number of hydrogen-bond acceptors (Lipinski definition) is 4. The van der Waals surface area contributed by atoms with Gasteiger partial charge in [-0.1, -0.05) is 11.6 Å². The average Bonchev–Trinajstić information content (AvgIpc) is 2.29. The summed E-state index contributed by atoms with van der Waals surface area (Å²) in [5.41, 5.74) is 0.230. The molecule has 0 atom stereocenters. The number of nitrogens with zero attached hydrogens (tertiary/aromatic N) is 1. The van der Waals surface area contributed by atoms with E-state index in [2.05, 4.69) is 31.5 Å². The van der Waals surface area contributed by atoms with E-state index < -0.39 is 0 Å². The van der Waals surface area contributed by atoms with E-state index in [9.17, 15) is 4.79 Å². The van der Waals surface area contributed by atoms with Crippen molar-refractivity contribution < 1.29 is 9.53 Å². The van der Waals surface area contributed by atoms with Gasteiger partial charge in [-0.15, -0.1) is 0 Å². The van der Waals surface area contributed by atoms with Crippen LogP contribution in [0.25, 0.3) is 0 Å². The molecule has 0 aromatic carbocycles. The van der Waals surface area contributed by atoms with E-state index in [1.165, 1.54) is 0 Å². The summed E-state index contributed by atoms with van der Waals surface area (Å²) in [7, 11) is 0. The van der Waals surface area contributed by atoms with Crippen molar-refractivity contribution in [2.75, 3.05) is 25.0 Å². The molecule has 98 valence electrons. The number of rotatable bonds is 4. The molecule has 1 amide bonds.